The number of hydrogen-bond acceptors (Lipinski definition) is 1. The van der Waals surface area contributed by atoms with Gasteiger partial charge in [0.2, 0.25) is 0 Å². The first-order valence-corrected chi connectivity index (χ1v) is 5.54. The summed E-state index contributed by atoms with van der Waals surface area (Å²) in [7, 11) is 0. The Morgan fingerprint density at radius 1 is 1.25 bits per heavy atom. The van der Waals surface area contributed by atoms with Crippen LogP contribution >= 0.6 is 0 Å². The molecule has 12 heavy (non-hydrogen) atoms. The normalized spacial score (nSPS) is 29.5. The van der Waals surface area contributed by atoms with E-state index >= 15 is 0 Å². The molecule has 1 saturated carbocycles. The zero-order valence-electron chi connectivity index (χ0n) is 8.47. The molecule has 0 N–H and O–H groups in total. The van der Waals surface area contributed by atoms with Crippen molar-refractivity contribution in [1.29, 1.82) is 0 Å². The molecule has 2 fully saturated rings. The van der Waals surface area contributed by atoms with Crippen molar-refractivity contribution < 1.29 is 0 Å². The molecule has 1 saturated heterocycles. The van der Waals surface area contributed by atoms with E-state index in [0.29, 0.717) is 5.41 Å². The Morgan fingerprint density at radius 2 is 1.92 bits per heavy atom. The lowest BCUT2D eigenvalue weighted by atomic mass is 9.82. The van der Waals surface area contributed by atoms with Gasteiger partial charge in [-0.1, -0.05) is 13.8 Å². The van der Waals surface area contributed by atoms with E-state index in [4.69, 9.17) is 0 Å². The first-order chi connectivity index (χ1) is 5.79. The van der Waals surface area contributed by atoms with Gasteiger partial charge in [0.15, 0.2) is 0 Å². The average molecular weight is 167 g/mol. The highest BCUT2D eigenvalue weighted by Gasteiger charge is 2.40. The van der Waals surface area contributed by atoms with Gasteiger partial charge in [-0.25, -0.2) is 0 Å². The Kier molecular flexibility index (Phi) is 2.16. The van der Waals surface area contributed by atoms with Crippen LogP contribution in [0.3, 0.4) is 0 Å². The molecule has 70 valence electrons. The molecule has 0 bridgehead atoms. The maximum atomic E-state index is 2.73. The SMILES string of the molecule is CCC1(CC)CCN(C2CC2)C1. The Hall–Kier alpha value is -0.0400. The minimum atomic E-state index is 0.697. The molecule has 2 rings (SSSR count). The fourth-order valence-corrected chi connectivity index (χ4v) is 2.55. The highest BCUT2D eigenvalue weighted by atomic mass is 15.2. The Bertz CT molecular complexity index is 156. The molecule has 1 aliphatic carbocycles. The monoisotopic (exact) mass is 167 g/mol. The minimum Gasteiger partial charge on any atom is -0.300 e. The van der Waals surface area contributed by atoms with Crippen LogP contribution in [0.5, 0.6) is 0 Å². The predicted molar refractivity (Wildman–Crippen MR) is 52.2 cm³/mol. The van der Waals surface area contributed by atoms with E-state index in [1.807, 2.05) is 0 Å². The third-order valence-corrected chi connectivity index (χ3v) is 4.03. The third kappa shape index (κ3) is 1.39. The molecular formula is C11H21N. The largest absolute Gasteiger partial charge is 0.300 e. The highest BCUT2D eigenvalue weighted by molar-refractivity contribution is 4.95. The highest BCUT2D eigenvalue weighted by Crippen LogP contribution is 2.41. The number of rotatable bonds is 3. The molecular weight excluding hydrogens is 146 g/mol. The lowest BCUT2D eigenvalue weighted by Crippen LogP contribution is -2.27. The molecule has 0 aromatic rings. The van der Waals surface area contributed by atoms with Crippen LogP contribution < -0.4 is 0 Å². The summed E-state index contributed by atoms with van der Waals surface area (Å²) in [6, 6.07) is 0.991. The molecule has 1 heteroatoms. The molecule has 2 aliphatic rings. The Morgan fingerprint density at radius 3 is 2.33 bits per heavy atom. The minimum absolute atomic E-state index is 0.697. The molecule has 0 spiro atoms. The Labute approximate surface area is 76.1 Å². The van der Waals surface area contributed by atoms with Crippen molar-refractivity contribution in [2.75, 3.05) is 13.1 Å². The molecule has 0 aromatic carbocycles. The van der Waals surface area contributed by atoms with E-state index in [-0.39, 0.29) is 0 Å². The van der Waals surface area contributed by atoms with Gasteiger partial charge in [0.25, 0.3) is 0 Å². The smallest absolute Gasteiger partial charge is 0.00966 e. The van der Waals surface area contributed by atoms with Crippen molar-refractivity contribution in [1.82, 2.24) is 4.90 Å². The molecule has 0 unspecified atom stereocenters. The van der Waals surface area contributed by atoms with Gasteiger partial charge >= 0.3 is 0 Å². The van der Waals surface area contributed by atoms with E-state index in [1.165, 1.54) is 45.2 Å². The van der Waals surface area contributed by atoms with E-state index in [2.05, 4.69) is 18.7 Å². The summed E-state index contributed by atoms with van der Waals surface area (Å²) >= 11 is 0. The van der Waals surface area contributed by atoms with Gasteiger partial charge in [-0.15, -0.1) is 0 Å². The van der Waals surface area contributed by atoms with Crippen molar-refractivity contribution in [2.45, 2.75) is 52.0 Å². The van der Waals surface area contributed by atoms with Gasteiger partial charge in [0, 0.05) is 12.6 Å². The lowest BCUT2D eigenvalue weighted by Gasteiger charge is -2.26. The van der Waals surface area contributed by atoms with Gasteiger partial charge < -0.3 is 0 Å². The summed E-state index contributed by atoms with van der Waals surface area (Å²) in [4.78, 5) is 2.73. The van der Waals surface area contributed by atoms with Crippen molar-refractivity contribution in [2.24, 2.45) is 5.41 Å². The van der Waals surface area contributed by atoms with Gasteiger partial charge in [0.1, 0.15) is 0 Å². The molecule has 0 amide bonds. The van der Waals surface area contributed by atoms with Gasteiger partial charge in [0.05, 0.1) is 0 Å². The van der Waals surface area contributed by atoms with Gasteiger partial charge in [-0.2, -0.15) is 0 Å². The van der Waals surface area contributed by atoms with Crippen molar-refractivity contribution >= 4 is 0 Å². The zero-order valence-corrected chi connectivity index (χ0v) is 8.47. The van der Waals surface area contributed by atoms with E-state index < -0.39 is 0 Å². The fourth-order valence-electron chi connectivity index (χ4n) is 2.55. The van der Waals surface area contributed by atoms with E-state index in [1.54, 1.807) is 0 Å². The molecule has 1 aliphatic heterocycles. The topological polar surface area (TPSA) is 3.24 Å². The van der Waals surface area contributed by atoms with Crippen LogP contribution in [0.2, 0.25) is 0 Å². The maximum absolute atomic E-state index is 2.73. The summed E-state index contributed by atoms with van der Waals surface area (Å²) < 4.78 is 0. The zero-order chi connectivity index (χ0) is 8.60. The van der Waals surface area contributed by atoms with Crippen LogP contribution in [0.4, 0.5) is 0 Å². The molecule has 1 heterocycles. The molecule has 0 atom stereocenters. The van der Waals surface area contributed by atoms with Crippen LogP contribution in [0, 0.1) is 5.41 Å². The first kappa shape index (κ1) is 8.55. The average Bonchev–Trinajstić information content (AvgIpc) is 2.87. The standard InChI is InChI=1S/C11H21N/c1-3-11(4-2)7-8-12(9-11)10-5-6-10/h10H,3-9H2,1-2H3. The molecule has 0 radical (unpaired) electrons. The fraction of sp³-hybridized carbons (Fsp3) is 1.00. The summed E-state index contributed by atoms with van der Waals surface area (Å²) in [6.45, 7) is 7.50. The van der Waals surface area contributed by atoms with Crippen molar-refractivity contribution in [3.63, 3.8) is 0 Å². The second-order valence-electron chi connectivity index (χ2n) is 4.66. The summed E-state index contributed by atoms with van der Waals surface area (Å²) in [5, 5.41) is 0. The second-order valence-corrected chi connectivity index (χ2v) is 4.66. The summed E-state index contributed by atoms with van der Waals surface area (Å²) in [5.74, 6) is 0. The molecule has 0 aromatic heterocycles. The summed E-state index contributed by atoms with van der Waals surface area (Å²) in [6.07, 6.45) is 7.17. The van der Waals surface area contributed by atoms with Gasteiger partial charge in [-0.05, 0) is 44.1 Å². The van der Waals surface area contributed by atoms with Crippen LogP contribution in [0.25, 0.3) is 0 Å². The van der Waals surface area contributed by atoms with E-state index in [9.17, 15) is 0 Å². The quantitative estimate of drug-likeness (QED) is 0.624. The van der Waals surface area contributed by atoms with Crippen LogP contribution in [0.15, 0.2) is 0 Å². The number of likely N-dealkylation sites (tertiary alicyclic amines) is 1. The third-order valence-electron chi connectivity index (χ3n) is 4.03. The van der Waals surface area contributed by atoms with Gasteiger partial charge in [-0.3, -0.25) is 4.90 Å². The second kappa shape index (κ2) is 3.02. The van der Waals surface area contributed by atoms with Crippen LogP contribution in [-0.2, 0) is 0 Å². The number of hydrogen-bond donors (Lipinski definition) is 0. The van der Waals surface area contributed by atoms with Crippen molar-refractivity contribution in [3.8, 4) is 0 Å². The number of nitrogens with zero attached hydrogens (tertiary/aromatic N) is 1. The van der Waals surface area contributed by atoms with Crippen LogP contribution in [-0.4, -0.2) is 24.0 Å². The lowest BCUT2D eigenvalue weighted by molar-refractivity contribution is 0.235. The maximum Gasteiger partial charge on any atom is 0.00966 e. The van der Waals surface area contributed by atoms with E-state index in [0.717, 1.165) is 6.04 Å². The molecule has 1 nitrogen and oxygen atoms in total. The predicted octanol–water partition coefficient (Wildman–Crippen LogP) is 2.66. The Balaban J connectivity index is 1.93. The first-order valence-electron chi connectivity index (χ1n) is 5.54. The summed E-state index contributed by atoms with van der Waals surface area (Å²) in [5.41, 5.74) is 0.697. The van der Waals surface area contributed by atoms with Crippen LogP contribution in [0.1, 0.15) is 46.0 Å². The van der Waals surface area contributed by atoms with Crippen molar-refractivity contribution in [3.05, 3.63) is 0 Å².